The molecule has 30 heavy (non-hydrogen) atoms. The molecule has 2 aliphatic rings. The minimum Gasteiger partial charge on any atom is -0.383 e. The number of aliphatic hydroxyl groups is 1. The Bertz CT molecular complexity index is 1040. The number of piperidine rings is 1. The van der Waals surface area contributed by atoms with E-state index in [-0.39, 0.29) is 11.9 Å². The number of hydrogen-bond acceptors (Lipinski definition) is 4. The van der Waals surface area contributed by atoms with Gasteiger partial charge >= 0.3 is 0 Å². The molecule has 5 heteroatoms. The normalized spacial score (nSPS) is 25.0. The van der Waals surface area contributed by atoms with Crippen LogP contribution in [0, 0.1) is 0 Å². The predicted octanol–water partition coefficient (Wildman–Crippen LogP) is 3.43. The van der Waals surface area contributed by atoms with Crippen LogP contribution in [0.4, 0.5) is 0 Å². The Hall–Kier alpha value is -2.76. The molecular weight excluding hydrogens is 374 g/mol. The Morgan fingerprint density at radius 1 is 0.967 bits per heavy atom. The number of benzene rings is 2. The molecule has 1 N–H and O–H groups in total. The summed E-state index contributed by atoms with van der Waals surface area (Å²) in [7, 11) is 0. The molecule has 0 radical (unpaired) electrons. The second-order valence-electron chi connectivity index (χ2n) is 8.43. The summed E-state index contributed by atoms with van der Waals surface area (Å²) in [6.07, 6.45) is 4.51. The molecular formula is C25H27N3O2. The summed E-state index contributed by atoms with van der Waals surface area (Å²) in [6.45, 7) is 2.96. The third kappa shape index (κ3) is 3.28. The molecule has 0 unspecified atom stereocenters. The molecule has 154 valence electrons. The molecule has 3 aromatic rings. The van der Waals surface area contributed by atoms with Crippen LogP contribution in [0.5, 0.6) is 0 Å². The van der Waals surface area contributed by atoms with E-state index in [2.05, 4.69) is 9.88 Å². The molecule has 2 fully saturated rings. The summed E-state index contributed by atoms with van der Waals surface area (Å²) in [6, 6.07) is 19.6. The van der Waals surface area contributed by atoms with Crippen molar-refractivity contribution in [1.82, 2.24) is 14.8 Å². The Balaban J connectivity index is 1.48. The van der Waals surface area contributed by atoms with Gasteiger partial charge in [-0.3, -0.25) is 14.7 Å². The summed E-state index contributed by atoms with van der Waals surface area (Å²) in [5.41, 5.74) is 0.491. The molecule has 2 saturated heterocycles. The van der Waals surface area contributed by atoms with Crippen molar-refractivity contribution in [3.8, 4) is 0 Å². The molecule has 2 aliphatic heterocycles. The van der Waals surface area contributed by atoms with E-state index >= 15 is 0 Å². The highest BCUT2D eigenvalue weighted by atomic mass is 16.3. The van der Waals surface area contributed by atoms with Gasteiger partial charge in [0, 0.05) is 24.7 Å². The second kappa shape index (κ2) is 7.82. The Morgan fingerprint density at radius 2 is 1.70 bits per heavy atom. The highest BCUT2D eigenvalue weighted by Gasteiger charge is 2.47. The van der Waals surface area contributed by atoms with Crippen LogP contribution in [0.1, 0.15) is 35.3 Å². The maximum Gasteiger partial charge on any atom is 0.273 e. The molecule has 1 amide bonds. The first-order chi connectivity index (χ1) is 14.7. The number of carbonyl (C=O) groups is 1. The maximum absolute atomic E-state index is 13.5. The van der Waals surface area contributed by atoms with E-state index in [0.717, 1.165) is 42.3 Å². The first-order valence-electron chi connectivity index (χ1n) is 10.8. The number of hydrogen-bond donors (Lipinski definition) is 1. The third-order valence-electron chi connectivity index (χ3n) is 6.73. The van der Waals surface area contributed by atoms with Crippen LogP contribution >= 0.6 is 0 Å². The van der Waals surface area contributed by atoms with Crippen LogP contribution in [0.15, 0.2) is 66.9 Å². The molecule has 2 aromatic carbocycles. The molecule has 5 rings (SSSR count). The SMILES string of the molecule is O=C(c1nccc2ccccc12)N1CC[C@](O)(c2ccccc2)[C@H](N2CCCC2)C1. The highest BCUT2D eigenvalue weighted by molar-refractivity contribution is 6.05. The second-order valence-corrected chi connectivity index (χ2v) is 8.43. The zero-order valence-corrected chi connectivity index (χ0v) is 17.1. The van der Waals surface area contributed by atoms with Gasteiger partial charge in [0.25, 0.3) is 5.91 Å². The number of nitrogens with zero attached hydrogens (tertiary/aromatic N) is 3. The van der Waals surface area contributed by atoms with Crippen molar-refractivity contribution in [3.63, 3.8) is 0 Å². The zero-order chi connectivity index (χ0) is 20.6. The minimum atomic E-state index is -0.950. The van der Waals surface area contributed by atoms with Crippen molar-refractivity contribution in [2.24, 2.45) is 0 Å². The number of rotatable bonds is 3. The number of fused-ring (bicyclic) bond motifs is 1. The van der Waals surface area contributed by atoms with E-state index in [4.69, 9.17) is 0 Å². The molecule has 5 nitrogen and oxygen atoms in total. The van der Waals surface area contributed by atoms with Gasteiger partial charge in [0.05, 0.1) is 6.04 Å². The lowest BCUT2D eigenvalue weighted by Gasteiger charge is -2.48. The van der Waals surface area contributed by atoms with Gasteiger partial charge in [-0.1, -0.05) is 54.6 Å². The van der Waals surface area contributed by atoms with Crippen LogP contribution < -0.4 is 0 Å². The van der Waals surface area contributed by atoms with Gasteiger partial charge in [-0.15, -0.1) is 0 Å². The van der Waals surface area contributed by atoms with Crippen LogP contribution in [0.2, 0.25) is 0 Å². The molecule has 0 aliphatic carbocycles. The monoisotopic (exact) mass is 401 g/mol. The molecule has 2 atom stereocenters. The first-order valence-corrected chi connectivity index (χ1v) is 10.8. The number of pyridine rings is 1. The minimum absolute atomic E-state index is 0.0499. The van der Waals surface area contributed by atoms with Crippen molar-refractivity contribution in [2.45, 2.75) is 30.9 Å². The van der Waals surface area contributed by atoms with Gasteiger partial charge in [-0.05, 0) is 49.4 Å². The quantitative estimate of drug-likeness (QED) is 0.731. The molecule has 3 heterocycles. The number of likely N-dealkylation sites (tertiary alicyclic amines) is 2. The van der Waals surface area contributed by atoms with Crippen molar-refractivity contribution in [3.05, 3.63) is 78.1 Å². The van der Waals surface area contributed by atoms with E-state index in [1.807, 2.05) is 65.6 Å². The standard InChI is InChI=1S/C25H27N3O2/c29-24(23-21-11-5-4-8-19(21)12-14-26-23)28-17-13-25(30,20-9-2-1-3-10-20)22(18-28)27-15-6-7-16-27/h1-5,8-12,14,22,30H,6-7,13,15-18H2/t22-,25+/m1/s1. The van der Waals surface area contributed by atoms with Gasteiger partial charge in [-0.2, -0.15) is 0 Å². The van der Waals surface area contributed by atoms with Crippen molar-refractivity contribution in [2.75, 3.05) is 26.2 Å². The average molecular weight is 402 g/mol. The molecule has 1 aromatic heterocycles. The number of aromatic nitrogens is 1. The Labute approximate surface area is 177 Å². The fraction of sp³-hybridized carbons (Fsp3) is 0.360. The van der Waals surface area contributed by atoms with E-state index in [1.54, 1.807) is 6.20 Å². The van der Waals surface area contributed by atoms with Gasteiger partial charge < -0.3 is 10.0 Å². The zero-order valence-electron chi connectivity index (χ0n) is 17.1. The molecule has 0 saturated carbocycles. The van der Waals surface area contributed by atoms with E-state index in [9.17, 15) is 9.90 Å². The largest absolute Gasteiger partial charge is 0.383 e. The lowest BCUT2D eigenvalue weighted by Crippen LogP contribution is -2.61. The van der Waals surface area contributed by atoms with E-state index in [0.29, 0.717) is 25.2 Å². The maximum atomic E-state index is 13.5. The molecule has 0 bridgehead atoms. The van der Waals surface area contributed by atoms with Crippen LogP contribution in [0.3, 0.4) is 0 Å². The van der Waals surface area contributed by atoms with Crippen LogP contribution in [-0.2, 0) is 5.60 Å². The van der Waals surface area contributed by atoms with Crippen molar-refractivity contribution < 1.29 is 9.90 Å². The smallest absolute Gasteiger partial charge is 0.273 e. The summed E-state index contributed by atoms with van der Waals surface area (Å²) >= 11 is 0. The summed E-state index contributed by atoms with van der Waals surface area (Å²) < 4.78 is 0. The van der Waals surface area contributed by atoms with Gasteiger partial charge in [0.15, 0.2) is 0 Å². The third-order valence-corrected chi connectivity index (χ3v) is 6.73. The number of amides is 1. The highest BCUT2D eigenvalue weighted by Crippen LogP contribution is 2.37. The lowest BCUT2D eigenvalue weighted by atomic mass is 9.79. The lowest BCUT2D eigenvalue weighted by molar-refractivity contribution is -0.0878. The van der Waals surface area contributed by atoms with Gasteiger partial charge in [0.2, 0.25) is 0 Å². The van der Waals surface area contributed by atoms with Gasteiger partial charge in [0.1, 0.15) is 11.3 Å². The fourth-order valence-corrected chi connectivity index (χ4v) is 5.08. The van der Waals surface area contributed by atoms with Crippen molar-refractivity contribution in [1.29, 1.82) is 0 Å². The van der Waals surface area contributed by atoms with Crippen molar-refractivity contribution >= 4 is 16.7 Å². The summed E-state index contributed by atoms with van der Waals surface area (Å²) in [5, 5.41) is 13.7. The average Bonchev–Trinajstić information content (AvgIpc) is 3.34. The Morgan fingerprint density at radius 3 is 2.50 bits per heavy atom. The fourth-order valence-electron chi connectivity index (χ4n) is 5.08. The van der Waals surface area contributed by atoms with Crippen LogP contribution in [-0.4, -0.2) is 58.0 Å². The molecule has 0 spiro atoms. The topological polar surface area (TPSA) is 56.7 Å². The van der Waals surface area contributed by atoms with E-state index < -0.39 is 5.60 Å². The number of carbonyl (C=O) groups excluding carboxylic acids is 1. The van der Waals surface area contributed by atoms with Gasteiger partial charge in [-0.25, -0.2) is 0 Å². The van der Waals surface area contributed by atoms with Crippen LogP contribution in [0.25, 0.3) is 10.8 Å². The Kier molecular flexibility index (Phi) is 5.01. The first kappa shape index (κ1) is 19.2. The summed E-state index contributed by atoms with van der Waals surface area (Å²) in [5.74, 6) is -0.0499. The predicted molar refractivity (Wildman–Crippen MR) is 117 cm³/mol. The van der Waals surface area contributed by atoms with E-state index in [1.165, 1.54) is 0 Å². The summed E-state index contributed by atoms with van der Waals surface area (Å²) in [4.78, 5) is 22.2.